The average molecular weight is 249 g/mol. The van der Waals surface area contributed by atoms with E-state index in [2.05, 4.69) is 25.5 Å². The van der Waals surface area contributed by atoms with Crippen LogP contribution in [-0.4, -0.2) is 26.1 Å². The van der Waals surface area contributed by atoms with Crippen LogP contribution in [0.1, 0.15) is 36.2 Å². The summed E-state index contributed by atoms with van der Waals surface area (Å²) in [7, 11) is 0. The van der Waals surface area contributed by atoms with E-state index >= 15 is 0 Å². The molecule has 0 bridgehead atoms. The first-order chi connectivity index (χ1) is 8.58. The lowest BCUT2D eigenvalue weighted by molar-refractivity contribution is 0.101. The van der Waals surface area contributed by atoms with E-state index < -0.39 is 11.7 Å². The van der Waals surface area contributed by atoms with Crippen molar-refractivity contribution >= 4 is 11.6 Å². The van der Waals surface area contributed by atoms with Crippen molar-refractivity contribution in [3.63, 3.8) is 0 Å². The zero-order chi connectivity index (χ0) is 13.1. The molecule has 0 atom stereocenters. The maximum atomic E-state index is 13.3. The number of amides is 1. The van der Waals surface area contributed by atoms with Crippen molar-refractivity contribution in [1.82, 2.24) is 20.2 Å². The Balaban J connectivity index is 2.15. The highest BCUT2D eigenvalue weighted by molar-refractivity contribution is 6.01. The van der Waals surface area contributed by atoms with Gasteiger partial charge >= 0.3 is 0 Å². The van der Waals surface area contributed by atoms with Gasteiger partial charge in [-0.1, -0.05) is 13.8 Å². The molecule has 2 aromatic heterocycles. The molecular formula is C11H12FN5O. The molecule has 0 fully saturated rings. The van der Waals surface area contributed by atoms with Crippen LogP contribution in [0, 0.1) is 5.82 Å². The fourth-order valence-corrected chi connectivity index (χ4v) is 1.29. The van der Waals surface area contributed by atoms with Gasteiger partial charge in [-0.3, -0.25) is 14.9 Å². The second-order valence-corrected chi connectivity index (χ2v) is 4.01. The first-order valence-electron chi connectivity index (χ1n) is 5.41. The monoisotopic (exact) mass is 249 g/mol. The van der Waals surface area contributed by atoms with Gasteiger partial charge < -0.3 is 5.32 Å². The van der Waals surface area contributed by atoms with E-state index in [1.54, 1.807) is 0 Å². The summed E-state index contributed by atoms with van der Waals surface area (Å²) < 4.78 is 13.3. The number of nitrogens with one attached hydrogen (secondary N) is 2. The third-order valence-corrected chi connectivity index (χ3v) is 2.27. The number of H-pyrrole nitrogens is 1. The lowest BCUT2D eigenvalue weighted by Crippen LogP contribution is -2.15. The summed E-state index contributed by atoms with van der Waals surface area (Å²) in [5.41, 5.74) is 0.0471. The number of aromatic amines is 1. The maximum absolute atomic E-state index is 13.3. The van der Waals surface area contributed by atoms with E-state index in [9.17, 15) is 9.18 Å². The summed E-state index contributed by atoms with van der Waals surface area (Å²) in [6.07, 6.45) is 2.41. The Hall–Kier alpha value is -2.31. The fourth-order valence-electron chi connectivity index (χ4n) is 1.29. The molecule has 2 aromatic rings. The second kappa shape index (κ2) is 4.91. The molecule has 1 amide bonds. The van der Waals surface area contributed by atoms with Gasteiger partial charge in [0.2, 0.25) is 5.82 Å². The van der Waals surface area contributed by atoms with E-state index in [0.29, 0.717) is 5.82 Å². The van der Waals surface area contributed by atoms with E-state index in [1.165, 1.54) is 12.3 Å². The van der Waals surface area contributed by atoms with Crippen LogP contribution in [0.5, 0.6) is 0 Å². The van der Waals surface area contributed by atoms with Crippen molar-refractivity contribution in [3.8, 4) is 0 Å². The normalized spacial score (nSPS) is 10.7. The van der Waals surface area contributed by atoms with Crippen LogP contribution in [-0.2, 0) is 0 Å². The lowest BCUT2D eigenvalue weighted by Gasteiger charge is -2.02. The number of carbonyl (C=O) groups excluding carboxylic acids is 1. The largest absolute Gasteiger partial charge is 0.317 e. The minimum Gasteiger partial charge on any atom is -0.317 e. The predicted molar refractivity (Wildman–Crippen MR) is 62.6 cm³/mol. The Bertz CT molecular complexity index is 566. The Morgan fingerprint density at radius 3 is 2.89 bits per heavy atom. The number of halogens is 1. The highest BCUT2D eigenvalue weighted by Gasteiger charge is 2.15. The Labute approximate surface area is 103 Å². The van der Waals surface area contributed by atoms with Crippen molar-refractivity contribution < 1.29 is 9.18 Å². The summed E-state index contributed by atoms with van der Waals surface area (Å²) in [4.78, 5) is 19.4. The zero-order valence-corrected chi connectivity index (χ0v) is 9.94. The number of nitrogens with zero attached hydrogens (tertiary/aromatic N) is 3. The molecule has 2 rings (SSSR count). The van der Waals surface area contributed by atoms with Crippen molar-refractivity contribution in [1.29, 1.82) is 0 Å². The van der Waals surface area contributed by atoms with Gasteiger partial charge in [-0.15, -0.1) is 5.10 Å². The molecule has 0 aliphatic carbocycles. The van der Waals surface area contributed by atoms with Gasteiger partial charge in [0.1, 0.15) is 5.82 Å². The van der Waals surface area contributed by atoms with E-state index in [-0.39, 0.29) is 17.4 Å². The van der Waals surface area contributed by atoms with Crippen molar-refractivity contribution in [3.05, 3.63) is 35.9 Å². The van der Waals surface area contributed by atoms with Crippen molar-refractivity contribution in [2.75, 3.05) is 5.32 Å². The van der Waals surface area contributed by atoms with Crippen molar-refractivity contribution in [2.45, 2.75) is 19.8 Å². The molecule has 7 heteroatoms. The quantitative estimate of drug-likeness (QED) is 0.867. The van der Waals surface area contributed by atoms with E-state index in [1.807, 2.05) is 13.8 Å². The molecule has 94 valence electrons. The molecule has 0 spiro atoms. The smallest absolute Gasteiger partial charge is 0.295 e. The summed E-state index contributed by atoms with van der Waals surface area (Å²) in [6, 6.07) is 1.36. The van der Waals surface area contributed by atoms with Crippen LogP contribution >= 0.6 is 0 Å². The molecule has 2 heterocycles. The van der Waals surface area contributed by atoms with Gasteiger partial charge in [-0.05, 0) is 6.07 Å². The molecule has 6 nitrogen and oxygen atoms in total. The van der Waals surface area contributed by atoms with Crippen LogP contribution in [0.3, 0.4) is 0 Å². The summed E-state index contributed by atoms with van der Waals surface area (Å²) in [6.45, 7) is 3.84. The van der Waals surface area contributed by atoms with Gasteiger partial charge in [0.15, 0.2) is 5.82 Å². The standard InChI is InChI=1S/C11H12FN5O/c1-6(2)9-15-10(17-16-9)11(18)14-8-3-4-13-5-7(8)12/h3-6H,1-2H3,(H,13,14,18)(H,15,16,17). The maximum Gasteiger partial charge on any atom is 0.295 e. The Morgan fingerprint density at radius 1 is 1.50 bits per heavy atom. The minimum absolute atomic E-state index is 0.0186. The van der Waals surface area contributed by atoms with Crippen LogP contribution in [0.2, 0.25) is 0 Å². The zero-order valence-electron chi connectivity index (χ0n) is 9.94. The molecule has 0 radical (unpaired) electrons. The van der Waals surface area contributed by atoms with E-state index in [4.69, 9.17) is 0 Å². The van der Waals surface area contributed by atoms with E-state index in [0.717, 1.165) is 6.20 Å². The number of aromatic nitrogens is 4. The van der Waals surface area contributed by atoms with Crippen molar-refractivity contribution in [2.24, 2.45) is 0 Å². The number of pyridine rings is 1. The third-order valence-electron chi connectivity index (χ3n) is 2.27. The van der Waals surface area contributed by atoms with Crippen LogP contribution < -0.4 is 5.32 Å². The SMILES string of the molecule is CC(C)c1nc(C(=O)Nc2ccncc2F)n[nH]1. The molecule has 0 unspecified atom stereocenters. The lowest BCUT2D eigenvalue weighted by atomic mass is 10.2. The Kier molecular flexibility index (Phi) is 3.31. The van der Waals surface area contributed by atoms with Gasteiger partial charge in [0.25, 0.3) is 5.91 Å². The van der Waals surface area contributed by atoms with Crippen LogP contribution in [0.4, 0.5) is 10.1 Å². The van der Waals surface area contributed by atoms with Crippen LogP contribution in [0.15, 0.2) is 18.5 Å². The summed E-state index contributed by atoms with van der Waals surface area (Å²) in [5, 5.41) is 8.82. The van der Waals surface area contributed by atoms with Gasteiger partial charge in [0.05, 0.1) is 11.9 Å². The number of carbonyl (C=O) groups is 1. The molecule has 0 saturated heterocycles. The second-order valence-electron chi connectivity index (χ2n) is 4.01. The topological polar surface area (TPSA) is 83.6 Å². The fraction of sp³-hybridized carbons (Fsp3) is 0.273. The first kappa shape index (κ1) is 12.2. The minimum atomic E-state index is -0.606. The molecule has 2 N–H and O–H groups in total. The third kappa shape index (κ3) is 2.50. The molecule has 0 aromatic carbocycles. The van der Waals surface area contributed by atoms with Gasteiger partial charge in [0, 0.05) is 12.1 Å². The van der Waals surface area contributed by atoms with Gasteiger partial charge in [-0.2, -0.15) is 0 Å². The van der Waals surface area contributed by atoms with Crippen LogP contribution in [0.25, 0.3) is 0 Å². The Morgan fingerprint density at radius 2 is 2.28 bits per heavy atom. The molecule has 18 heavy (non-hydrogen) atoms. The number of rotatable bonds is 3. The molecule has 0 aliphatic heterocycles. The predicted octanol–water partition coefficient (Wildman–Crippen LogP) is 1.71. The highest BCUT2D eigenvalue weighted by atomic mass is 19.1. The van der Waals surface area contributed by atoms with Gasteiger partial charge in [-0.25, -0.2) is 9.37 Å². The average Bonchev–Trinajstić information content (AvgIpc) is 2.81. The molecule has 0 aliphatic rings. The molecular weight excluding hydrogens is 237 g/mol. The summed E-state index contributed by atoms with van der Waals surface area (Å²) >= 11 is 0. The number of hydrogen-bond acceptors (Lipinski definition) is 4. The number of hydrogen-bond donors (Lipinski definition) is 2. The first-order valence-corrected chi connectivity index (χ1v) is 5.41. The molecule has 0 saturated carbocycles. The summed E-state index contributed by atoms with van der Waals surface area (Å²) in [5.74, 6) is -0.448. The highest BCUT2D eigenvalue weighted by Crippen LogP contribution is 2.12. The number of anilines is 1.